The quantitative estimate of drug-likeness (QED) is 0.622. The second-order valence-electron chi connectivity index (χ2n) is 5.96. The summed E-state index contributed by atoms with van der Waals surface area (Å²) in [6.07, 6.45) is -6.92. The van der Waals surface area contributed by atoms with E-state index in [4.69, 9.17) is 5.11 Å². The van der Waals surface area contributed by atoms with Crippen LogP contribution in [0.1, 0.15) is 24.8 Å². The van der Waals surface area contributed by atoms with Crippen molar-refractivity contribution in [1.82, 2.24) is 10.2 Å². The minimum atomic E-state index is -4.80. The molecule has 0 bridgehead atoms. The summed E-state index contributed by atoms with van der Waals surface area (Å²) in [6, 6.07) is -1.98. The summed E-state index contributed by atoms with van der Waals surface area (Å²) in [7, 11) is 0. The third-order valence-corrected chi connectivity index (χ3v) is 4.21. The molecule has 3 atom stereocenters. The van der Waals surface area contributed by atoms with Gasteiger partial charge in [-0.3, -0.25) is 4.79 Å². The first-order chi connectivity index (χ1) is 11.9. The van der Waals surface area contributed by atoms with Crippen LogP contribution in [0.25, 0.3) is 0 Å². The fourth-order valence-electron chi connectivity index (χ4n) is 3.09. The fourth-order valence-corrected chi connectivity index (χ4v) is 3.09. The number of benzene rings is 1. The number of carbonyl (C=O) groups excluding carboxylic acids is 1. The van der Waals surface area contributed by atoms with Gasteiger partial charge >= 0.3 is 12.3 Å². The SMILES string of the molecule is C[C@@H]1[C@H](c2cc(F)cc(F)c2F)CC(NC(=O)O)C(=O)N1CC(F)(F)F. The maximum Gasteiger partial charge on any atom is 0.406 e. The van der Waals surface area contributed by atoms with Crippen LogP contribution >= 0.6 is 0 Å². The van der Waals surface area contributed by atoms with E-state index in [1.54, 1.807) is 5.32 Å². The lowest BCUT2D eigenvalue weighted by Gasteiger charge is -2.43. The number of carbonyl (C=O) groups is 2. The van der Waals surface area contributed by atoms with Crippen LogP contribution in [0, 0.1) is 17.5 Å². The molecule has 11 heteroatoms. The molecule has 1 aliphatic rings. The smallest absolute Gasteiger partial charge is 0.406 e. The Labute approximate surface area is 143 Å². The highest BCUT2D eigenvalue weighted by atomic mass is 19.4. The largest absolute Gasteiger partial charge is 0.465 e. The highest BCUT2D eigenvalue weighted by Gasteiger charge is 2.46. The van der Waals surface area contributed by atoms with E-state index < -0.39 is 72.2 Å². The van der Waals surface area contributed by atoms with Gasteiger partial charge in [0.2, 0.25) is 5.91 Å². The Morgan fingerprint density at radius 3 is 2.46 bits per heavy atom. The molecule has 0 aliphatic carbocycles. The Kier molecular flexibility index (Phi) is 5.38. The maximum absolute atomic E-state index is 14.1. The Morgan fingerprint density at radius 2 is 1.92 bits per heavy atom. The van der Waals surface area contributed by atoms with Crippen LogP contribution in [0.4, 0.5) is 31.1 Å². The number of hydrogen-bond donors (Lipinski definition) is 2. The average Bonchev–Trinajstić information content (AvgIpc) is 2.49. The Morgan fingerprint density at radius 1 is 1.31 bits per heavy atom. The van der Waals surface area contributed by atoms with E-state index in [0.29, 0.717) is 11.0 Å². The predicted molar refractivity (Wildman–Crippen MR) is 75.9 cm³/mol. The minimum Gasteiger partial charge on any atom is -0.465 e. The highest BCUT2D eigenvalue weighted by molar-refractivity contribution is 5.86. The van der Waals surface area contributed by atoms with E-state index in [2.05, 4.69) is 0 Å². The lowest BCUT2D eigenvalue weighted by molar-refractivity contribution is -0.170. The lowest BCUT2D eigenvalue weighted by Crippen LogP contribution is -2.59. The number of alkyl halides is 3. The number of amides is 2. The first-order valence-electron chi connectivity index (χ1n) is 7.42. The monoisotopic (exact) mass is 384 g/mol. The van der Waals surface area contributed by atoms with Crippen molar-refractivity contribution in [3.63, 3.8) is 0 Å². The van der Waals surface area contributed by atoms with E-state index in [1.807, 2.05) is 0 Å². The van der Waals surface area contributed by atoms with Crippen molar-refractivity contribution in [2.24, 2.45) is 0 Å². The molecule has 0 spiro atoms. The van der Waals surface area contributed by atoms with Gasteiger partial charge in [0.15, 0.2) is 11.6 Å². The summed E-state index contributed by atoms with van der Waals surface area (Å²) in [5, 5.41) is 10.5. The summed E-state index contributed by atoms with van der Waals surface area (Å²) in [4.78, 5) is 23.3. The van der Waals surface area contributed by atoms with E-state index in [1.165, 1.54) is 6.92 Å². The standard InChI is InChI=1S/C15H14F6N2O3/c1-6-8(9-2-7(16)3-10(17)12(9)18)4-11(22-14(25)26)13(24)23(6)5-15(19,20)21/h2-3,6,8,11,22H,4-5H2,1H3,(H,25,26)/t6-,8-,11?/m1/s1. The van der Waals surface area contributed by atoms with E-state index in [-0.39, 0.29) is 6.07 Å². The zero-order valence-electron chi connectivity index (χ0n) is 13.3. The molecule has 0 saturated carbocycles. The number of carboxylic acid groups (broad SMARTS) is 1. The third-order valence-electron chi connectivity index (χ3n) is 4.21. The number of nitrogens with one attached hydrogen (secondary N) is 1. The molecule has 2 rings (SSSR count). The molecule has 0 aromatic heterocycles. The first kappa shape index (κ1) is 19.9. The van der Waals surface area contributed by atoms with Gasteiger partial charge in [0.25, 0.3) is 0 Å². The molecule has 2 amide bonds. The van der Waals surface area contributed by atoms with Gasteiger partial charge in [-0.15, -0.1) is 0 Å². The number of rotatable bonds is 3. The van der Waals surface area contributed by atoms with Crippen LogP contribution in [-0.2, 0) is 4.79 Å². The Hall–Kier alpha value is -2.46. The average molecular weight is 384 g/mol. The van der Waals surface area contributed by atoms with Crippen LogP contribution in [0.5, 0.6) is 0 Å². The number of likely N-dealkylation sites (tertiary alicyclic amines) is 1. The highest BCUT2D eigenvalue weighted by Crippen LogP contribution is 2.37. The van der Waals surface area contributed by atoms with Crippen LogP contribution < -0.4 is 5.32 Å². The van der Waals surface area contributed by atoms with Gasteiger partial charge in [-0.05, 0) is 25.0 Å². The molecule has 1 fully saturated rings. The van der Waals surface area contributed by atoms with E-state index in [9.17, 15) is 35.9 Å². The molecule has 1 unspecified atom stereocenters. The van der Waals surface area contributed by atoms with Gasteiger partial charge in [0, 0.05) is 18.0 Å². The van der Waals surface area contributed by atoms with Gasteiger partial charge in [0.05, 0.1) is 0 Å². The molecule has 1 heterocycles. The van der Waals surface area contributed by atoms with Crippen LogP contribution in [0.15, 0.2) is 12.1 Å². The molecule has 0 radical (unpaired) electrons. The second-order valence-corrected chi connectivity index (χ2v) is 5.96. The normalized spacial score (nSPS) is 23.9. The van der Waals surface area contributed by atoms with Gasteiger partial charge in [0.1, 0.15) is 18.4 Å². The van der Waals surface area contributed by atoms with Crippen LogP contribution in [0.3, 0.4) is 0 Å². The molecule has 2 N–H and O–H groups in total. The van der Waals surface area contributed by atoms with E-state index in [0.717, 1.165) is 0 Å². The summed E-state index contributed by atoms with van der Waals surface area (Å²) in [6.45, 7) is -0.533. The van der Waals surface area contributed by atoms with Crippen LogP contribution in [-0.4, -0.2) is 46.8 Å². The van der Waals surface area contributed by atoms with Crippen molar-refractivity contribution < 1.29 is 41.0 Å². The van der Waals surface area contributed by atoms with Crippen molar-refractivity contribution >= 4 is 12.0 Å². The fraction of sp³-hybridized carbons (Fsp3) is 0.467. The Bertz CT molecular complexity index is 724. The van der Waals surface area contributed by atoms with Gasteiger partial charge in [-0.2, -0.15) is 13.2 Å². The summed E-state index contributed by atoms with van der Waals surface area (Å²) in [5.41, 5.74) is -0.563. The topological polar surface area (TPSA) is 69.6 Å². The van der Waals surface area contributed by atoms with Gasteiger partial charge in [-0.1, -0.05) is 0 Å². The second kappa shape index (κ2) is 7.04. The van der Waals surface area contributed by atoms with Crippen molar-refractivity contribution in [2.75, 3.05) is 6.54 Å². The van der Waals surface area contributed by atoms with Crippen LogP contribution in [0.2, 0.25) is 0 Å². The van der Waals surface area contributed by atoms with Crippen molar-refractivity contribution in [3.8, 4) is 0 Å². The maximum atomic E-state index is 14.1. The number of halogens is 6. The zero-order valence-corrected chi connectivity index (χ0v) is 13.3. The lowest BCUT2D eigenvalue weighted by atomic mass is 9.81. The zero-order chi connectivity index (χ0) is 19.8. The summed E-state index contributed by atoms with van der Waals surface area (Å²) >= 11 is 0. The Balaban J connectivity index is 2.47. The molecule has 1 aliphatic heterocycles. The van der Waals surface area contributed by atoms with E-state index >= 15 is 0 Å². The van der Waals surface area contributed by atoms with Crippen molar-refractivity contribution in [3.05, 3.63) is 35.1 Å². The van der Waals surface area contributed by atoms with Gasteiger partial charge in [-0.25, -0.2) is 18.0 Å². The van der Waals surface area contributed by atoms with Gasteiger partial charge < -0.3 is 15.3 Å². The molecule has 5 nitrogen and oxygen atoms in total. The molecule has 26 heavy (non-hydrogen) atoms. The molecule has 1 aromatic rings. The molecule has 1 saturated heterocycles. The number of nitrogens with zero attached hydrogens (tertiary/aromatic N) is 1. The summed E-state index contributed by atoms with van der Waals surface area (Å²) < 4.78 is 79.4. The first-order valence-corrected chi connectivity index (χ1v) is 7.42. The predicted octanol–water partition coefficient (Wildman–Crippen LogP) is 3.01. The van der Waals surface area contributed by atoms with Crippen molar-refractivity contribution in [1.29, 1.82) is 0 Å². The van der Waals surface area contributed by atoms with Crippen molar-refractivity contribution in [2.45, 2.75) is 37.5 Å². The summed E-state index contributed by atoms with van der Waals surface area (Å²) in [5.74, 6) is -6.54. The molecular formula is C15H14F6N2O3. The number of piperidine rings is 1. The molecule has 144 valence electrons. The minimum absolute atomic E-state index is 0.276. The molecular weight excluding hydrogens is 370 g/mol. The third kappa shape index (κ3) is 4.20. The number of hydrogen-bond acceptors (Lipinski definition) is 2. The molecule has 1 aromatic carbocycles.